The SMILES string of the molecule is Cn1cnc(S(=O)(=O)N2CCc3nc(N4CCCC4)nc(NC4CC4)c3C2)c1. The molecule has 4 heterocycles. The largest absolute Gasteiger partial charge is 0.367 e. The average molecular weight is 404 g/mol. The molecule has 1 aliphatic carbocycles. The monoisotopic (exact) mass is 403 g/mol. The normalized spacial score (nSPS) is 20.4. The molecule has 0 radical (unpaired) electrons. The third-order valence-corrected chi connectivity index (χ3v) is 7.34. The van der Waals surface area contributed by atoms with Crippen molar-refractivity contribution in [3.63, 3.8) is 0 Å². The Labute approximate surface area is 164 Å². The van der Waals surface area contributed by atoms with Gasteiger partial charge < -0.3 is 14.8 Å². The van der Waals surface area contributed by atoms with E-state index < -0.39 is 10.0 Å². The van der Waals surface area contributed by atoms with Crippen molar-refractivity contribution in [3.05, 3.63) is 23.8 Å². The summed E-state index contributed by atoms with van der Waals surface area (Å²) < 4.78 is 29.2. The molecule has 2 aliphatic heterocycles. The fraction of sp³-hybridized carbons (Fsp3) is 0.611. The van der Waals surface area contributed by atoms with Gasteiger partial charge in [0.1, 0.15) is 5.82 Å². The van der Waals surface area contributed by atoms with Gasteiger partial charge in [-0.3, -0.25) is 0 Å². The summed E-state index contributed by atoms with van der Waals surface area (Å²) in [7, 11) is -1.86. The summed E-state index contributed by atoms with van der Waals surface area (Å²) in [6, 6.07) is 0.438. The van der Waals surface area contributed by atoms with Gasteiger partial charge in [0.15, 0.2) is 5.03 Å². The number of hydrogen-bond donors (Lipinski definition) is 1. The quantitative estimate of drug-likeness (QED) is 0.799. The molecular weight excluding hydrogens is 378 g/mol. The van der Waals surface area contributed by atoms with Gasteiger partial charge in [0.25, 0.3) is 10.0 Å². The van der Waals surface area contributed by atoms with Gasteiger partial charge >= 0.3 is 0 Å². The Bertz CT molecular complexity index is 993. The van der Waals surface area contributed by atoms with E-state index in [9.17, 15) is 8.42 Å². The first kappa shape index (κ1) is 17.9. The minimum absolute atomic E-state index is 0.0877. The van der Waals surface area contributed by atoms with Gasteiger partial charge in [-0.1, -0.05) is 0 Å². The van der Waals surface area contributed by atoms with Crippen molar-refractivity contribution in [2.24, 2.45) is 7.05 Å². The van der Waals surface area contributed by atoms with Gasteiger partial charge in [0.05, 0.1) is 12.0 Å². The summed E-state index contributed by atoms with van der Waals surface area (Å²) in [4.78, 5) is 15.9. The number of nitrogens with zero attached hydrogens (tertiary/aromatic N) is 6. The predicted molar refractivity (Wildman–Crippen MR) is 105 cm³/mol. The van der Waals surface area contributed by atoms with Crippen LogP contribution in [0.1, 0.15) is 36.9 Å². The van der Waals surface area contributed by atoms with Gasteiger partial charge in [0.2, 0.25) is 5.95 Å². The fourth-order valence-corrected chi connectivity index (χ4v) is 5.21. The zero-order valence-electron chi connectivity index (χ0n) is 16.0. The fourth-order valence-electron chi connectivity index (χ4n) is 3.83. The zero-order chi connectivity index (χ0) is 19.3. The van der Waals surface area contributed by atoms with Crippen molar-refractivity contribution in [3.8, 4) is 0 Å². The van der Waals surface area contributed by atoms with Crippen molar-refractivity contribution in [1.29, 1.82) is 0 Å². The molecule has 1 saturated carbocycles. The van der Waals surface area contributed by atoms with Gasteiger partial charge in [0, 0.05) is 57.4 Å². The first-order valence-corrected chi connectivity index (χ1v) is 11.3. The van der Waals surface area contributed by atoms with E-state index >= 15 is 0 Å². The maximum atomic E-state index is 13.0. The van der Waals surface area contributed by atoms with Crippen LogP contribution < -0.4 is 10.2 Å². The zero-order valence-corrected chi connectivity index (χ0v) is 16.8. The van der Waals surface area contributed by atoms with Gasteiger partial charge in [-0.15, -0.1) is 0 Å². The third-order valence-electron chi connectivity index (χ3n) is 5.61. The Balaban J connectivity index is 1.48. The highest BCUT2D eigenvalue weighted by molar-refractivity contribution is 7.89. The van der Waals surface area contributed by atoms with Crippen molar-refractivity contribution in [1.82, 2.24) is 23.8 Å². The summed E-state index contributed by atoms with van der Waals surface area (Å²) in [6.45, 7) is 2.67. The van der Waals surface area contributed by atoms with E-state index in [-0.39, 0.29) is 11.6 Å². The van der Waals surface area contributed by atoms with Crippen LogP contribution in [0.5, 0.6) is 0 Å². The van der Waals surface area contributed by atoms with Crippen LogP contribution >= 0.6 is 0 Å². The topological polar surface area (TPSA) is 96.2 Å². The molecule has 1 N–H and O–H groups in total. The van der Waals surface area contributed by atoms with Crippen LogP contribution in [0.15, 0.2) is 17.6 Å². The lowest BCUT2D eigenvalue weighted by Crippen LogP contribution is -2.37. The Morgan fingerprint density at radius 3 is 2.61 bits per heavy atom. The molecule has 0 atom stereocenters. The Morgan fingerprint density at radius 1 is 1.14 bits per heavy atom. The summed E-state index contributed by atoms with van der Waals surface area (Å²) in [5.74, 6) is 1.58. The van der Waals surface area contributed by atoms with Crippen LogP contribution in [0, 0.1) is 0 Å². The average Bonchev–Trinajstić information content (AvgIpc) is 3.15. The van der Waals surface area contributed by atoms with E-state index in [2.05, 4.69) is 15.2 Å². The number of imidazole rings is 1. The van der Waals surface area contributed by atoms with Gasteiger partial charge in [-0.05, 0) is 25.7 Å². The molecule has 28 heavy (non-hydrogen) atoms. The van der Waals surface area contributed by atoms with Gasteiger partial charge in [-0.2, -0.15) is 9.29 Å². The van der Waals surface area contributed by atoms with Crippen LogP contribution in [0.2, 0.25) is 0 Å². The van der Waals surface area contributed by atoms with E-state index in [1.807, 2.05) is 0 Å². The van der Waals surface area contributed by atoms with E-state index in [1.54, 1.807) is 17.8 Å². The minimum atomic E-state index is -3.63. The molecule has 0 bridgehead atoms. The molecule has 2 aromatic rings. The highest BCUT2D eigenvalue weighted by Gasteiger charge is 2.34. The number of aryl methyl sites for hydroxylation is 1. The molecule has 0 amide bonds. The predicted octanol–water partition coefficient (Wildman–Crippen LogP) is 1.13. The van der Waals surface area contributed by atoms with Crippen molar-refractivity contribution in [2.45, 2.75) is 49.7 Å². The maximum Gasteiger partial charge on any atom is 0.262 e. The smallest absolute Gasteiger partial charge is 0.262 e. The summed E-state index contributed by atoms with van der Waals surface area (Å²) in [5, 5.41) is 3.59. The molecular formula is C18H25N7O2S. The van der Waals surface area contributed by atoms with Crippen LogP contribution in [0.3, 0.4) is 0 Å². The lowest BCUT2D eigenvalue weighted by Gasteiger charge is -2.29. The third kappa shape index (κ3) is 3.24. The van der Waals surface area contributed by atoms with E-state index in [0.717, 1.165) is 49.0 Å². The second kappa shape index (κ2) is 6.70. The van der Waals surface area contributed by atoms with Crippen LogP contribution in [-0.2, 0) is 30.0 Å². The number of fused-ring (bicyclic) bond motifs is 1. The van der Waals surface area contributed by atoms with Crippen molar-refractivity contribution >= 4 is 21.8 Å². The van der Waals surface area contributed by atoms with Crippen LogP contribution in [-0.4, -0.2) is 57.9 Å². The van der Waals surface area contributed by atoms with Crippen molar-refractivity contribution in [2.75, 3.05) is 29.9 Å². The Hall–Kier alpha value is -2.20. The second-order valence-electron chi connectivity index (χ2n) is 7.88. The number of hydrogen-bond acceptors (Lipinski definition) is 7. The van der Waals surface area contributed by atoms with E-state index in [0.29, 0.717) is 19.0 Å². The summed E-state index contributed by atoms with van der Waals surface area (Å²) in [6.07, 6.45) is 8.24. The first-order chi connectivity index (χ1) is 13.5. The minimum Gasteiger partial charge on any atom is -0.367 e. The number of nitrogens with one attached hydrogen (secondary N) is 1. The number of aromatic nitrogens is 4. The molecule has 3 aliphatic rings. The molecule has 150 valence electrons. The maximum absolute atomic E-state index is 13.0. The molecule has 0 unspecified atom stereocenters. The lowest BCUT2D eigenvalue weighted by molar-refractivity contribution is 0.386. The second-order valence-corrected chi connectivity index (χ2v) is 9.76. The number of sulfonamides is 1. The molecule has 10 heteroatoms. The molecule has 9 nitrogen and oxygen atoms in total. The van der Waals surface area contributed by atoms with E-state index in [1.165, 1.54) is 23.5 Å². The summed E-state index contributed by atoms with van der Waals surface area (Å²) in [5.41, 5.74) is 1.87. The van der Waals surface area contributed by atoms with Crippen LogP contribution in [0.25, 0.3) is 0 Å². The highest BCUT2D eigenvalue weighted by Crippen LogP contribution is 2.33. The number of rotatable bonds is 5. The highest BCUT2D eigenvalue weighted by atomic mass is 32.2. The molecule has 1 saturated heterocycles. The Kier molecular flexibility index (Phi) is 4.27. The van der Waals surface area contributed by atoms with Gasteiger partial charge in [-0.25, -0.2) is 18.4 Å². The standard InChI is InChI=1S/C18H25N7O2S/c1-23-11-16(19-12-23)28(26,27)25-9-6-15-14(10-25)17(20-13-4-5-13)22-18(21-15)24-7-2-3-8-24/h11-13H,2-10H2,1H3,(H,20,21,22). The molecule has 0 aromatic carbocycles. The Morgan fingerprint density at radius 2 is 1.93 bits per heavy atom. The molecule has 0 spiro atoms. The number of anilines is 2. The van der Waals surface area contributed by atoms with Crippen molar-refractivity contribution < 1.29 is 8.42 Å². The molecule has 5 rings (SSSR count). The lowest BCUT2D eigenvalue weighted by atomic mass is 10.1. The van der Waals surface area contributed by atoms with E-state index in [4.69, 9.17) is 9.97 Å². The summed E-state index contributed by atoms with van der Waals surface area (Å²) >= 11 is 0. The van der Waals surface area contributed by atoms with Crippen LogP contribution in [0.4, 0.5) is 11.8 Å². The first-order valence-electron chi connectivity index (χ1n) is 9.90. The molecule has 2 fully saturated rings. The molecule has 2 aromatic heterocycles.